The largest absolute Gasteiger partial charge is 0.486 e. The summed E-state index contributed by atoms with van der Waals surface area (Å²) in [6.07, 6.45) is 0.431. The molecule has 1 aliphatic rings. The lowest BCUT2D eigenvalue weighted by molar-refractivity contribution is -0.131. The fraction of sp³-hybridized carbons (Fsp3) is 0.333. The van der Waals surface area contributed by atoms with E-state index in [2.05, 4.69) is 0 Å². The van der Waals surface area contributed by atoms with Crippen LogP contribution in [0.25, 0.3) is 0 Å². The molecule has 1 heterocycles. The fourth-order valence-corrected chi connectivity index (χ4v) is 2.21. The van der Waals surface area contributed by atoms with Crippen LogP contribution in [0.15, 0.2) is 6.07 Å². The molecule has 0 radical (unpaired) electrons. The zero-order valence-corrected chi connectivity index (χ0v) is 10.4. The van der Waals surface area contributed by atoms with Crippen LogP contribution in [0.4, 0.5) is 0 Å². The monoisotopic (exact) mass is 270 g/mol. The van der Waals surface area contributed by atoms with Crippen molar-refractivity contribution < 1.29 is 24.2 Å². The van der Waals surface area contributed by atoms with Crippen molar-refractivity contribution in [2.45, 2.75) is 13.3 Å². The molecular weight excluding hydrogens is 260 g/mol. The SMILES string of the molecule is CCc1c2c(cc(Cl)c1C(=O)C(=O)O)OCCO2. The third-order valence-electron chi connectivity index (χ3n) is 2.66. The zero-order chi connectivity index (χ0) is 13.3. The lowest BCUT2D eigenvalue weighted by Crippen LogP contribution is -2.20. The van der Waals surface area contributed by atoms with Crippen molar-refractivity contribution in [3.63, 3.8) is 0 Å². The predicted molar refractivity (Wildman–Crippen MR) is 63.8 cm³/mol. The molecular formula is C12H11ClO5. The molecule has 0 spiro atoms. The van der Waals surface area contributed by atoms with Gasteiger partial charge in [0.1, 0.15) is 13.2 Å². The van der Waals surface area contributed by atoms with E-state index in [9.17, 15) is 9.59 Å². The lowest BCUT2D eigenvalue weighted by atomic mass is 9.99. The number of ether oxygens (including phenoxy) is 2. The number of ketones is 1. The van der Waals surface area contributed by atoms with Crippen molar-refractivity contribution in [1.82, 2.24) is 0 Å². The van der Waals surface area contributed by atoms with Crippen LogP contribution >= 0.6 is 11.6 Å². The number of hydrogen-bond donors (Lipinski definition) is 1. The fourth-order valence-electron chi connectivity index (χ4n) is 1.91. The Kier molecular flexibility index (Phi) is 3.43. The minimum absolute atomic E-state index is 0.0177. The van der Waals surface area contributed by atoms with Gasteiger partial charge in [0.25, 0.3) is 5.78 Å². The highest BCUT2D eigenvalue weighted by atomic mass is 35.5. The van der Waals surface area contributed by atoms with Crippen LogP contribution in [-0.4, -0.2) is 30.1 Å². The number of carbonyl (C=O) groups excluding carboxylic acids is 1. The maximum absolute atomic E-state index is 11.7. The van der Waals surface area contributed by atoms with Crippen LogP contribution in [0.2, 0.25) is 5.02 Å². The van der Waals surface area contributed by atoms with Gasteiger partial charge in [0.2, 0.25) is 0 Å². The Hall–Kier alpha value is -1.75. The van der Waals surface area contributed by atoms with Crippen molar-refractivity contribution in [1.29, 1.82) is 0 Å². The van der Waals surface area contributed by atoms with Gasteiger partial charge in [-0.15, -0.1) is 0 Å². The van der Waals surface area contributed by atoms with Crippen LogP contribution in [-0.2, 0) is 11.2 Å². The Balaban J connectivity index is 2.65. The molecule has 1 N–H and O–H groups in total. The molecule has 0 bridgehead atoms. The van der Waals surface area contributed by atoms with E-state index in [4.69, 9.17) is 26.2 Å². The molecule has 0 saturated carbocycles. The number of Topliss-reactive ketones (excluding diaryl/α,β-unsaturated/α-hetero) is 1. The number of hydrogen-bond acceptors (Lipinski definition) is 4. The number of carboxylic acid groups (broad SMARTS) is 1. The second kappa shape index (κ2) is 4.86. The van der Waals surface area contributed by atoms with Gasteiger partial charge in [-0.2, -0.15) is 0 Å². The van der Waals surface area contributed by atoms with Crippen molar-refractivity contribution in [3.8, 4) is 11.5 Å². The summed E-state index contributed by atoms with van der Waals surface area (Å²) in [5.41, 5.74) is 0.459. The molecule has 0 aliphatic carbocycles. The van der Waals surface area contributed by atoms with Gasteiger partial charge in [-0.3, -0.25) is 4.79 Å². The smallest absolute Gasteiger partial charge is 0.377 e. The molecule has 18 heavy (non-hydrogen) atoms. The zero-order valence-electron chi connectivity index (χ0n) is 9.66. The minimum Gasteiger partial charge on any atom is -0.486 e. The molecule has 1 aliphatic heterocycles. The van der Waals surface area contributed by atoms with Crippen LogP contribution in [0.1, 0.15) is 22.8 Å². The average molecular weight is 271 g/mol. The van der Waals surface area contributed by atoms with Gasteiger partial charge in [-0.25, -0.2) is 4.79 Å². The third-order valence-corrected chi connectivity index (χ3v) is 2.96. The topological polar surface area (TPSA) is 72.8 Å². The predicted octanol–water partition coefficient (Wildman–Crippen LogP) is 1.94. The summed E-state index contributed by atoms with van der Waals surface area (Å²) in [6, 6.07) is 1.42. The number of aliphatic carboxylic acids is 1. The number of rotatable bonds is 3. The standard InChI is InChI=1S/C12H11ClO5/c1-2-6-9(10(14)12(15)16)7(13)5-8-11(6)18-4-3-17-8/h5H,2-4H2,1H3,(H,15,16). The Morgan fingerprint density at radius 1 is 1.39 bits per heavy atom. The number of halogens is 1. The van der Waals surface area contributed by atoms with Gasteiger partial charge in [0.05, 0.1) is 10.6 Å². The van der Waals surface area contributed by atoms with Crippen LogP contribution in [0.3, 0.4) is 0 Å². The van der Waals surface area contributed by atoms with Gasteiger partial charge in [0.15, 0.2) is 11.5 Å². The highest BCUT2D eigenvalue weighted by molar-refractivity contribution is 6.45. The lowest BCUT2D eigenvalue weighted by Gasteiger charge is -2.22. The maximum Gasteiger partial charge on any atom is 0.377 e. The highest BCUT2D eigenvalue weighted by Crippen LogP contribution is 2.40. The van der Waals surface area contributed by atoms with Gasteiger partial charge in [0, 0.05) is 11.6 Å². The van der Waals surface area contributed by atoms with E-state index in [1.807, 2.05) is 0 Å². The minimum atomic E-state index is -1.54. The van der Waals surface area contributed by atoms with Crippen molar-refractivity contribution in [3.05, 3.63) is 22.2 Å². The number of fused-ring (bicyclic) bond motifs is 1. The van der Waals surface area contributed by atoms with Gasteiger partial charge in [-0.05, 0) is 6.42 Å². The van der Waals surface area contributed by atoms with Gasteiger partial charge >= 0.3 is 5.97 Å². The summed E-state index contributed by atoms with van der Waals surface area (Å²) in [7, 11) is 0. The van der Waals surface area contributed by atoms with Crippen molar-refractivity contribution >= 4 is 23.4 Å². The number of carboxylic acids is 1. The maximum atomic E-state index is 11.7. The van der Waals surface area contributed by atoms with Crippen LogP contribution < -0.4 is 9.47 Å². The molecule has 0 atom stereocenters. The summed E-state index contributed by atoms with van der Waals surface area (Å²) >= 11 is 5.96. The summed E-state index contributed by atoms with van der Waals surface area (Å²) < 4.78 is 10.8. The van der Waals surface area contributed by atoms with Gasteiger partial charge < -0.3 is 14.6 Å². The first-order valence-corrected chi connectivity index (χ1v) is 5.82. The summed E-state index contributed by atoms with van der Waals surface area (Å²) in [5, 5.41) is 8.88. The van der Waals surface area contributed by atoms with E-state index >= 15 is 0 Å². The quantitative estimate of drug-likeness (QED) is 0.671. The molecule has 0 fully saturated rings. The molecule has 5 nitrogen and oxygen atoms in total. The normalized spacial score (nSPS) is 13.2. The molecule has 0 saturated heterocycles. The Morgan fingerprint density at radius 2 is 2.06 bits per heavy atom. The van der Waals surface area contributed by atoms with E-state index in [0.717, 1.165) is 0 Å². The highest BCUT2D eigenvalue weighted by Gasteiger charge is 2.28. The molecule has 2 rings (SSSR count). The molecule has 1 aromatic carbocycles. The first kappa shape index (κ1) is 12.7. The Bertz CT molecular complexity index is 524. The number of carbonyl (C=O) groups is 2. The summed E-state index contributed by atoms with van der Waals surface area (Å²) in [6.45, 7) is 2.56. The van der Waals surface area contributed by atoms with Crippen LogP contribution in [0.5, 0.6) is 11.5 Å². The molecule has 96 valence electrons. The first-order valence-electron chi connectivity index (χ1n) is 5.44. The average Bonchev–Trinajstić information content (AvgIpc) is 2.36. The first-order chi connectivity index (χ1) is 8.56. The summed E-state index contributed by atoms with van der Waals surface area (Å²) in [4.78, 5) is 22.5. The molecule has 6 heteroatoms. The molecule has 1 aromatic rings. The molecule has 0 amide bonds. The van der Waals surface area contributed by atoms with E-state index < -0.39 is 11.8 Å². The van der Waals surface area contributed by atoms with Crippen molar-refractivity contribution in [2.24, 2.45) is 0 Å². The second-order valence-electron chi connectivity index (χ2n) is 3.72. The third kappa shape index (κ3) is 2.01. The van der Waals surface area contributed by atoms with Crippen LogP contribution in [0, 0.1) is 0 Å². The van der Waals surface area contributed by atoms with E-state index in [1.54, 1.807) is 6.92 Å². The molecule has 0 unspecified atom stereocenters. The summed E-state index contributed by atoms with van der Waals surface area (Å²) in [5.74, 6) is -1.71. The number of benzene rings is 1. The van der Waals surface area contributed by atoms with E-state index in [0.29, 0.717) is 36.7 Å². The van der Waals surface area contributed by atoms with E-state index in [1.165, 1.54) is 6.07 Å². The van der Waals surface area contributed by atoms with Crippen molar-refractivity contribution in [2.75, 3.05) is 13.2 Å². The second-order valence-corrected chi connectivity index (χ2v) is 4.13. The Morgan fingerprint density at radius 3 is 2.67 bits per heavy atom. The van der Waals surface area contributed by atoms with Gasteiger partial charge in [-0.1, -0.05) is 18.5 Å². The Labute approximate surface area is 108 Å². The van der Waals surface area contributed by atoms with E-state index in [-0.39, 0.29) is 10.6 Å². The molecule has 0 aromatic heterocycles.